The summed E-state index contributed by atoms with van der Waals surface area (Å²) in [6, 6.07) is 23.0. The molecule has 1 amide bonds. The number of amides is 1. The number of carbonyl (C=O) groups excluding carboxylic acids is 1. The van der Waals surface area contributed by atoms with E-state index in [4.69, 9.17) is 16.6 Å². The zero-order chi connectivity index (χ0) is 27.1. The largest absolute Gasteiger partial charge is 0.340 e. The molecule has 0 saturated carbocycles. The van der Waals surface area contributed by atoms with Crippen LogP contribution in [0.25, 0.3) is 37.4 Å². The molecule has 2 aromatic carbocycles. The summed E-state index contributed by atoms with van der Waals surface area (Å²) in [7, 11) is 0. The Bertz CT molecular complexity index is 1610. The molecule has 4 heterocycles. The van der Waals surface area contributed by atoms with Gasteiger partial charge in [0.15, 0.2) is 0 Å². The average molecular weight is 557 g/mol. The van der Waals surface area contributed by atoms with Gasteiger partial charge in [-0.1, -0.05) is 62.7 Å². The average Bonchev–Trinajstić information content (AvgIpc) is 3.50. The Morgan fingerprint density at radius 1 is 0.949 bits per heavy atom. The molecule has 5 aromatic rings. The highest BCUT2D eigenvalue weighted by molar-refractivity contribution is 7.22. The van der Waals surface area contributed by atoms with E-state index in [1.807, 2.05) is 40.5 Å². The lowest BCUT2D eigenvalue weighted by atomic mass is 9.91. The van der Waals surface area contributed by atoms with Gasteiger partial charge in [-0.2, -0.15) is 0 Å². The van der Waals surface area contributed by atoms with Crippen molar-refractivity contribution in [1.82, 2.24) is 19.2 Å². The summed E-state index contributed by atoms with van der Waals surface area (Å²) in [5.74, 6) is 0.256. The minimum Gasteiger partial charge on any atom is -0.340 e. The molecule has 3 aromatic heterocycles. The van der Waals surface area contributed by atoms with Gasteiger partial charge in [0.25, 0.3) is 0 Å². The Balaban J connectivity index is 1.33. The number of thiophene rings is 1. The van der Waals surface area contributed by atoms with Crippen molar-refractivity contribution in [2.24, 2.45) is 5.41 Å². The SMILES string of the molecule is CC(C)(C)CC(=O)N1CCN(Cc2c(-c3ccc(Cl)cc3)nc3ccc(-c4cc5ccccc5s4)cn23)CC1. The number of hydrogen-bond donors (Lipinski definition) is 0. The monoisotopic (exact) mass is 556 g/mol. The van der Waals surface area contributed by atoms with Crippen molar-refractivity contribution >= 4 is 44.6 Å². The van der Waals surface area contributed by atoms with E-state index in [0.717, 1.165) is 55.3 Å². The second-order valence-electron chi connectivity index (χ2n) is 11.6. The number of aromatic nitrogens is 2. The molecule has 1 aliphatic heterocycles. The maximum atomic E-state index is 12.8. The second-order valence-corrected chi connectivity index (χ2v) is 13.1. The van der Waals surface area contributed by atoms with E-state index in [9.17, 15) is 4.79 Å². The fourth-order valence-corrected chi connectivity index (χ4v) is 6.46. The molecule has 0 unspecified atom stereocenters. The van der Waals surface area contributed by atoms with E-state index in [1.165, 1.54) is 20.5 Å². The molecule has 1 fully saturated rings. The maximum Gasteiger partial charge on any atom is 0.223 e. The number of benzene rings is 2. The van der Waals surface area contributed by atoms with Crippen LogP contribution in [0.15, 0.2) is 72.9 Å². The van der Waals surface area contributed by atoms with Gasteiger partial charge in [-0.05, 0) is 47.2 Å². The van der Waals surface area contributed by atoms with Crippen LogP contribution >= 0.6 is 22.9 Å². The number of halogens is 1. The first kappa shape index (κ1) is 26.1. The minimum atomic E-state index is 0.00430. The van der Waals surface area contributed by atoms with E-state index in [-0.39, 0.29) is 11.3 Å². The zero-order valence-electron chi connectivity index (χ0n) is 22.7. The molecule has 0 atom stereocenters. The van der Waals surface area contributed by atoms with Gasteiger partial charge >= 0.3 is 0 Å². The number of piperazine rings is 1. The lowest BCUT2D eigenvalue weighted by molar-refractivity contribution is -0.134. The number of hydrogen-bond acceptors (Lipinski definition) is 4. The molecule has 5 nitrogen and oxygen atoms in total. The second kappa shape index (κ2) is 10.4. The van der Waals surface area contributed by atoms with E-state index >= 15 is 0 Å². The van der Waals surface area contributed by atoms with Crippen LogP contribution in [0, 0.1) is 5.41 Å². The number of fused-ring (bicyclic) bond motifs is 2. The fourth-order valence-electron chi connectivity index (χ4n) is 5.29. The number of nitrogens with zero attached hydrogens (tertiary/aromatic N) is 4. The van der Waals surface area contributed by atoms with Crippen molar-refractivity contribution in [2.75, 3.05) is 26.2 Å². The molecule has 0 N–H and O–H groups in total. The highest BCUT2D eigenvalue weighted by Gasteiger charge is 2.26. The summed E-state index contributed by atoms with van der Waals surface area (Å²) in [6.45, 7) is 10.3. The van der Waals surface area contributed by atoms with Crippen molar-refractivity contribution in [3.05, 3.63) is 83.6 Å². The smallest absolute Gasteiger partial charge is 0.223 e. The molecular formula is C32H33ClN4OS. The number of rotatable bonds is 5. The molecule has 0 aliphatic carbocycles. The third kappa shape index (κ3) is 5.60. The van der Waals surface area contributed by atoms with Crippen LogP contribution in [0.4, 0.5) is 0 Å². The molecule has 7 heteroatoms. The maximum absolute atomic E-state index is 12.8. The molecule has 0 bridgehead atoms. The fraction of sp³-hybridized carbons (Fsp3) is 0.312. The Morgan fingerprint density at radius 2 is 1.67 bits per heavy atom. The van der Waals surface area contributed by atoms with Gasteiger partial charge in [0.1, 0.15) is 5.65 Å². The zero-order valence-corrected chi connectivity index (χ0v) is 24.2. The van der Waals surface area contributed by atoms with E-state index in [0.29, 0.717) is 11.4 Å². The van der Waals surface area contributed by atoms with Gasteiger partial charge in [0.2, 0.25) is 5.91 Å². The van der Waals surface area contributed by atoms with Crippen molar-refractivity contribution in [1.29, 1.82) is 0 Å². The first-order valence-electron chi connectivity index (χ1n) is 13.5. The number of pyridine rings is 1. The van der Waals surface area contributed by atoms with Gasteiger partial charge < -0.3 is 9.30 Å². The van der Waals surface area contributed by atoms with Gasteiger partial charge in [0, 0.05) is 71.1 Å². The standard InChI is InChI=1S/C32H33ClN4OS/c1-32(2,3)19-30(38)36-16-14-35(15-17-36)21-26-31(22-8-11-25(33)12-9-22)34-29-13-10-24(20-37(26)29)28-18-23-6-4-5-7-27(23)39-28/h4-13,18,20H,14-17,19,21H2,1-3H3. The lowest BCUT2D eigenvalue weighted by Gasteiger charge is -2.36. The topological polar surface area (TPSA) is 40.9 Å². The molecule has 200 valence electrons. The summed E-state index contributed by atoms with van der Waals surface area (Å²) < 4.78 is 3.54. The molecular weight excluding hydrogens is 524 g/mol. The highest BCUT2D eigenvalue weighted by atomic mass is 35.5. The van der Waals surface area contributed by atoms with Crippen LogP contribution in [0.1, 0.15) is 32.9 Å². The Hall–Kier alpha value is -3.19. The third-order valence-corrected chi connectivity index (χ3v) is 8.74. The van der Waals surface area contributed by atoms with Gasteiger partial charge in [0.05, 0.1) is 11.4 Å². The van der Waals surface area contributed by atoms with Crippen LogP contribution in [-0.4, -0.2) is 51.3 Å². The summed E-state index contributed by atoms with van der Waals surface area (Å²) in [5, 5.41) is 1.98. The summed E-state index contributed by atoms with van der Waals surface area (Å²) in [6.07, 6.45) is 2.81. The van der Waals surface area contributed by atoms with Crippen LogP contribution in [0.3, 0.4) is 0 Å². The van der Waals surface area contributed by atoms with Gasteiger partial charge in [-0.25, -0.2) is 4.98 Å². The van der Waals surface area contributed by atoms with Crippen LogP contribution < -0.4 is 0 Å². The number of carbonyl (C=O) groups is 1. The van der Waals surface area contributed by atoms with Crippen molar-refractivity contribution in [2.45, 2.75) is 33.7 Å². The van der Waals surface area contributed by atoms with Crippen LogP contribution in [-0.2, 0) is 11.3 Å². The normalized spacial score (nSPS) is 14.9. The Labute approximate surface area is 238 Å². The highest BCUT2D eigenvalue weighted by Crippen LogP contribution is 2.35. The first-order valence-corrected chi connectivity index (χ1v) is 14.7. The molecule has 6 rings (SSSR count). The van der Waals surface area contributed by atoms with Crippen molar-refractivity contribution in [3.63, 3.8) is 0 Å². The third-order valence-electron chi connectivity index (χ3n) is 7.33. The molecule has 0 radical (unpaired) electrons. The Kier molecular flexibility index (Phi) is 6.96. The molecule has 39 heavy (non-hydrogen) atoms. The summed E-state index contributed by atoms with van der Waals surface area (Å²) in [4.78, 5) is 23.6. The predicted octanol–water partition coefficient (Wildman–Crippen LogP) is 7.62. The quantitative estimate of drug-likeness (QED) is 0.223. The minimum absolute atomic E-state index is 0.00430. The first-order chi connectivity index (χ1) is 18.7. The van der Waals surface area contributed by atoms with Crippen molar-refractivity contribution in [3.8, 4) is 21.7 Å². The molecule has 1 aliphatic rings. The van der Waals surface area contributed by atoms with E-state index in [1.54, 1.807) is 0 Å². The summed E-state index contributed by atoms with van der Waals surface area (Å²) in [5.41, 5.74) is 5.31. The predicted molar refractivity (Wildman–Crippen MR) is 162 cm³/mol. The van der Waals surface area contributed by atoms with Crippen molar-refractivity contribution < 1.29 is 4.79 Å². The Morgan fingerprint density at radius 3 is 2.38 bits per heavy atom. The van der Waals surface area contributed by atoms with E-state index < -0.39 is 0 Å². The number of imidazole rings is 1. The van der Waals surface area contributed by atoms with Gasteiger partial charge in [-0.15, -0.1) is 11.3 Å². The molecule has 0 spiro atoms. The lowest BCUT2D eigenvalue weighted by Crippen LogP contribution is -2.49. The summed E-state index contributed by atoms with van der Waals surface area (Å²) >= 11 is 8.03. The van der Waals surface area contributed by atoms with Crippen LogP contribution in [0.5, 0.6) is 0 Å². The molecule has 1 saturated heterocycles. The van der Waals surface area contributed by atoms with E-state index in [2.05, 4.69) is 78.7 Å². The van der Waals surface area contributed by atoms with Crippen LogP contribution in [0.2, 0.25) is 5.02 Å². The van der Waals surface area contributed by atoms with Gasteiger partial charge in [-0.3, -0.25) is 9.69 Å².